The van der Waals surface area contributed by atoms with Gasteiger partial charge in [0.25, 0.3) is 0 Å². The molecule has 0 amide bonds. The lowest BCUT2D eigenvalue weighted by molar-refractivity contribution is -0.0132. The molecule has 1 saturated carbocycles. The van der Waals surface area contributed by atoms with Gasteiger partial charge in [0.05, 0.1) is 6.04 Å². The third kappa shape index (κ3) is 2.41. The maximum atomic E-state index is 14.4. The summed E-state index contributed by atoms with van der Waals surface area (Å²) in [5.41, 5.74) is 4.36. The first-order valence-electron chi connectivity index (χ1n) is 10.5. The molecule has 2 aromatic carbocycles. The van der Waals surface area contributed by atoms with Crippen LogP contribution in [0.15, 0.2) is 71.6 Å². The maximum absolute atomic E-state index is 14.4. The van der Waals surface area contributed by atoms with Crippen LogP contribution >= 0.6 is 7.29 Å². The van der Waals surface area contributed by atoms with Gasteiger partial charge in [-0.05, 0) is 53.7 Å². The highest BCUT2D eigenvalue weighted by Crippen LogP contribution is 2.78. The molecular formula is C25H30NOP. The maximum Gasteiger partial charge on any atom is 0.173 e. The van der Waals surface area contributed by atoms with E-state index in [1.807, 2.05) is 6.66 Å². The highest BCUT2D eigenvalue weighted by molar-refractivity contribution is 7.65. The summed E-state index contributed by atoms with van der Waals surface area (Å²) in [5.74, 6) is 1.25. The van der Waals surface area contributed by atoms with Crippen molar-refractivity contribution in [2.75, 3.05) is 6.66 Å². The van der Waals surface area contributed by atoms with Gasteiger partial charge in [-0.25, -0.2) is 4.67 Å². The lowest BCUT2D eigenvalue weighted by Gasteiger charge is -2.57. The molecule has 0 radical (unpaired) electrons. The number of hydrogen-bond acceptors (Lipinski definition) is 1. The molecule has 0 saturated heterocycles. The molecule has 146 valence electrons. The summed E-state index contributed by atoms with van der Waals surface area (Å²) >= 11 is 0. The minimum Gasteiger partial charge on any atom is -0.302 e. The van der Waals surface area contributed by atoms with E-state index >= 15 is 0 Å². The summed E-state index contributed by atoms with van der Waals surface area (Å²) in [7, 11) is -2.58. The Hall–Kier alpha value is -1.63. The zero-order valence-electron chi connectivity index (χ0n) is 17.3. The Kier molecular flexibility index (Phi) is 4.06. The average molecular weight is 391 g/mol. The average Bonchev–Trinajstić information content (AvgIpc) is 2.96. The van der Waals surface area contributed by atoms with Crippen LogP contribution in [-0.4, -0.2) is 11.3 Å². The first-order chi connectivity index (χ1) is 13.3. The summed E-state index contributed by atoms with van der Waals surface area (Å²) in [6.45, 7) is 9.10. The Bertz CT molecular complexity index is 978. The molecule has 0 spiro atoms. The predicted molar refractivity (Wildman–Crippen MR) is 116 cm³/mol. The second-order valence-electron chi connectivity index (χ2n) is 9.57. The number of hydrogen-bond donors (Lipinski definition) is 0. The number of benzene rings is 2. The Morgan fingerprint density at radius 3 is 2.25 bits per heavy atom. The van der Waals surface area contributed by atoms with Crippen molar-refractivity contribution >= 4 is 7.29 Å². The van der Waals surface area contributed by atoms with E-state index in [0.717, 1.165) is 6.42 Å². The van der Waals surface area contributed by atoms with Gasteiger partial charge in [0.1, 0.15) is 0 Å². The minimum absolute atomic E-state index is 0.119. The fourth-order valence-corrected chi connectivity index (χ4v) is 9.20. The summed E-state index contributed by atoms with van der Waals surface area (Å²) in [6, 6.07) is 21.6. The summed E-state index contributed by atoms with van der Waals surface area (Å²) in [4.78, 5) is 0. The summed E-state index contributed by atoms with van der Waals surface area (Å²) in [5, 5.41) is 1.30. The molecule has 2 bridgehead atoms. The van der Waals surface area contributed by atoms with Gasteiger partial charge in [-0.15, -0.1) is 0 Å². The lowest BCUT2D eigenvalue weighted by Crippen LogP contribution is -2.49. The van der Waals surface area contributed by atoms with Crippen molar-refractivity contribution in [2.24, 2.45) is 17.3 Å². The normalized spacial score (nSPS) is 34.6. The molecule has 3 heteroatoms. The lowest BCUT2D eigenvalue weighted by atomic mass is 9.48. The zero-order valence-corrected chi connectivity index (χ0v) is 18.2. The van der Waals surface area contributed by atoms with Gasteiger partial charge in [-0.3, -0.25) is 0 Å². The number of nitrogens with zero attached hydrogens (tertiary/aromatic N) is 1. The van der Waals surface area contributed by atoms with Crippen molar-refractivity contribution in [3.8, 4) is 0 Å². The standard InChI is InChI=1S/C25H30NOP/c1-17(18-11-7-5-8-12-18)26-24(19-13-9-6-10-14-19)23-21-15-20(25(21,2)3)16-22(23)28(26,4)27/h5-14,17,20-21,24H,15-16H2,1-4H3. The van der Waals surface area contributed by atoms with Crippen LogP contribution in [0.5, 0.6) is 0 Å². The van der Waals surface area contributed by atoms with E-state index in [2.05, 4.69) is 86.1 Å². The monoisotopic (exact) mass is 391 g/mol. The highest BCUT2D eigenvalue weighted by atomic mass is 31.2. The van der Waals surface area contributed by atoms with Crippen LogP contribution in [0.25, 0.3) is 0 Å². The van der Waals surface area contributed by atoms with E-state index in [9.17, 15) is 4.57 Å². The SMILES string of the molecule is CC(c1ccccc1)N1C(c2ccccc2)C2=C(CC3CC2C3(C)C)P1(C)=O. The Balaban J connectivity index is 1.68. The van der Waals surface area contributed by atoms with Gasteiger partial charge in [-0.1, -0.05) is 74.5 Å². The van der Waals surface area contributed by atoms with Gasteiger partial charge in [0.2, 0.25) is 0 Å². The topological polar surface area (TPSA) is 20.3 Å². The first-order valence-corrected chi connectivity index (χ1v) is 12.6. The summed E-state index contributed by atoms with van der Waals surface area (Å²) < 4.78 is 16.7. The zero-order chi connectivity index (χ0) is 19.7. The van der Waals surface area contributed by atoms with Crippen LogP contribution in [-0.2, 0) is 4.57 Å². The summed E-state index contributed by atoms with van der Waals surface area (Å²) in [6.07, 6.45) is 2.29. The van der Waals surface area contributed by atoms with Crippen molar-refractivity contribution in [2.45, 2.75) is 45.7 Å². The van der Waals surface area contributed by atoms with E-state index in [1.54, 1.807) is 0 Å². The van der Waals surface area contributed by atoms with Crippen molar-refractivity contribution in [3.63, 3.8) is 0 Å². The Morgan fingerprint density at radius 1 is 1.04 bits per heavy atom. The van der Waals surface area contributed by atoms with Crippen LogP contribution in [0.1, 0.15) is 56.8 Å². The molecule has 28 heavy (non-hydrogen) atoms. The van der Waals surface area contributed by atoms with Crippen LogP contribution in [0, 0.1) is 17.3 Å². The van der Waals surface area contributed by atoms with Gasteiger partial charge in [-0.2, -0.15) is 0 Å². The van der Waals surface area contributed by atoms with Gasteiger partial charge >= 0.3 is 0 Å². The van der Waals surface area contributed by atoms with Crippen molar-refractivity contribution in [1.82, 2.24) is 4.67 Å². The fourth-order valence-electron chi connectivity index (χ4n) is 6.11. The van der Waals surface area contributed by atoms with Gasteiger partial charge in [0, 0.05) is 18.0 Å². The second kappa shape index (κ2) is 6.18. The molecule has 2 nitrogen and oxygen atoms in total. The van der Waals surface area contributed by atoms with E-state index in [1.165, 1.54) is 28.4 Å². The minimum atomic E-state index is -2.58. The molecule has 1 heterocycles. The van der Waals surface area contributed by atoms with E-state index < -0.39 is 7.29 Å². The van der Waals surface area contributed by atoms with Gasteiger partial charge in [0.15, 0.2) is 7.29 Å². The van der Waals surface area contributed by atoms with E-state index in [0.29, 0.717) is 17.3 Å². The fraction of sp³-hybridized carbons (Fsp3) is 0.440. The van der Waals surface area contributed by atoms with E-state index in [-0.39, 0.29) is 12.1 Å². The molecule has 0 aromatic heterocycles. The molecule has 1 fully saturated rings. The first kappa shape index (κ1) is 18.4. The smallest absolute Gasteiger partial charge is 0.173 e. The third-order valence-electron chi connectivity index (χ3n) is 7.91. The van der Waals surface area contributed by atoms with Crippen LogP contribution in [0.2, 0.25) is 0 Å². The number of allylic oxidation sites excluding steroid dienone is 1. The van der Waals surface area contributed by atoms with E-state index in [4.69, 9.17) is 0 Å². The highest BCUT2D eigenvalue weighted by Gasteiger charge is 2.62. The molecule has 1 aliphatic heterocycles. The Labute approximate surface area is 169 Å². The van der Waals surface area contributed by atoms with Crippen LogP contribution < -0.4 is 0 Å². The van der Waals surface area contributed by atoms with Crippen molar-refractivity contribution in [1.29, 1.82) is 0 Å². The molecule has 4 aliphatic rings. The van der Waals surface area contributed by atoms with Crippen molar-refractivity contribution < 1.29 is 4.57 Å². The molecule has 0 N–H and O–H groups in total. The largest absolute Gasteiger partial charge is 0.302 e. The second-order valence-corrected chi connectivity index (χ2v) is 12.3. The molecular weight excluding hydrogens is 361 g/mol. The molecule has 5 atom stereocenters. The van der Waals surface area contributed by atoms with Crippen LogP contribution in [0.4, 0.5) is 0 Å². The quantitative estimate of drug-likeness (QED) is 0.523. The van der Waals surface area contributed by atoms with Gasteiger partial charge < -0.3 is 4.57 Å². The molecule has 2 aromatic rings. The number of rotatable bonds is 3. The van der Waals surface area contributed by atoms with Crippen LogP contribution in [0.3, 0.4) is 0 Å². The third-order valence-corrected chi connectivity index (χ3v) is 10.8. The Morgan fingerprint density at radius 2 is 1.64 bits per heavy atom. The molecule has 5 unspecified atom stereocenters. The van der Waals surface area contributed by atoms with Crippen molar-refractivity contribution in [3.05, 3.63) is 82.7 Å². The predicted octanol–water partition coefficient (Wildman–Crippen LogP) is 7.03. The molecule has 6 rings (SSSR count). The molecule has 3 aliphatic carbocycles.